The molecule has 88 valence electrons. The van der Waals surface area contributed by atoms with Crippen molar-refractivity contribution in [2.24, 2.45) is 5.73 Å². The van der Waals surface area contributed by atoms with Gasteiger partial charge in [0.25, 0.3) is 0 Å². The molecule has 4 N–H and O–H groups in total. The van der Waals surface area contributed by atoms with Crippen LogP contribution in [0.25, 0.3) is 0 Å². The van der Waals surface area contributed by atoms with Crippen LogP contribution < -0.4 is 11.5 Å². The molecule has 1 aromatic carbocycles. The average molecular weight is 263 g/mol. The van der Waals surface area contributed by atoms with Crippen molar-refractivity contribution in [2.45, 2.75) is 17.1 Å². The highest BCUT2D eigenvalue weighted by Gasteiger charge is 2.29. The molecule has 0 fully saturated rings. The minimum Gasteiger partial charge on any atom is -0.398 e. The third-order valence-electron chi connectivity index (χ3n) is 2.15. The van der Waals surface area contributed by atoms with Crippen molar-refractivity contribution in [3.63, 3.8) is 0 Å². The lowest BCUT2D eigenvalue weighted by Crippen LogP contribution is -2.33. The van der Waals surface area contributed by atoms with Crippen molar-refractivity contribution in [2.75, 3.05) is 5.73 Å². The first-order chi connectivity index (χ1) is 7.26. The molecule has 0 aromatic heterocycles. The lowest BCUT2D eigenvalue weighted by molar-refractivity contribution is -0.117. The molecule has 0 radical (unpaired) electrons. The monoisotopic (exact) mass is 262 g/mol. The standard InChI is InChI=1S/C9H11ClN2O3S/c1-5(9(12)13)16(14,15)8-4-6(10)2-3-7(8)11/h2-5H,11H2,1H3,(H2,12,13). The van der Waals surface area contributed by atoms with E-state index in [9.17, 15) is 13.2 Å². The molecule has 1 unspecified atom stereocenters. The number of nitrogen functional groups attached to an aromatic ring is 1. The first-order valence-electron chi connectivity index (χ1n) is 4.35. The summed E-state index contributed by atoms with van der Waals surface area (Å²) in [6, 6.07) is 4.03. The van der Waals surface area contributed by atoms with Crippen molar-refractivity contribution in [3.05, 3.63) is 23.2 Å². The number of carbonyl (C=O) groups excluding carboxylic acids is 1. The Labute approximate surface area is 98.3 Å². The SMILES string of the molecule is CC(C(N)=O)S(=O)(=O)c1cc(Cl)ccc1N. The Hall–Kier alpha value is -1.27. The smallest absolute Gasteiger partial charge is 0.235 e. The summed E-state index contributed by atoms with van der Waals surface area (Å²) >= 11 is 5.67. The maximum atomic E-state index is 11.9. The van der Waals surface area contributed by atoms with E-state index in [1.807, 2.05) is 0 Å². The lowest BCUT2D eigenvalue weighted by Gasteiger charge is -2.11. The molecule has 0 bridgehead atoms. The summed E-state index contributed by atoms with van der Waals surface area (Å²) in [6.45, 7) is 1.21. The van der Waals surface area contributed by atoms with Crippen LogP contribution in [0.3, 0.4) is 0 Å². The van der Waals surface area contributed by atoms with Crippen LogP contribution in [0.4, 0.5) is 5.69 Å². The van der Waals surface area contributed by atoms with Crippen molar-refractivity contribution in [1.82, 2.24) is 0 Å². The number of hydrogen-bond acceptors (Lipinski definition) is 4. The minimum absolute atomic E-state index is 0.0394. The predicted molar refractivity (Wildman–Crippen MR) is 61.7 cm³/mol. The second kappa shape index (κ2) is 4.31. The van der Waals surface area contributed by atoms with Gasteiger partial charge in [0.05, 0.1) is 10.6 Å². The molecule has 0 heterocycles. The third-order valence-corrected chi connectivity index (χ3v) is 4.51. The van der Waals surface area contributed by atoms with Gasteiger partial charge >= 0.3 is 0 Å². The highest BCUT2D eigenvalue weighted by atomic mass is 35.5. The number of rotatable bonds is 3. The Bertz CT molecular complexity index is 528. The van der Waals surface area contributed by atoms with Crippen molar-refractivity contribution in [1.29, 1.82) is 0 Å². The molecule has 1 aromatic rings. The van der Waals surface area contributed by atoms with E-state index < -0.39 is 21.0 Å². The summed E-state index contributed by atoms with van der Waals surface area (Å²) in [5.74, 6) is -0.931. The van der Waals surface area contributed by atoms with Gasteiger partial charge in [0.1, 0.15) is 5.25 Å². The highest BCUT2D eigenvalue weighted by Crippen LogP contribution is 2.25. The van der Waals surface area contributed by atoms with Crippen molar-refractivity contribution < 1.29 is 13.2 Å². The van der Waals surface area contributed by atoms with Crippen LogP contribution in [0.2, 0.25) is 5.02 Å². The third kappa shape index (κ3) is 2.28. The number of hydrogen-bond donors (Lipinski definition) is 2. The Kier molecular flexibility index (Phi) is 3.44. The van der Waals surface area contributed by atoms with E-state index in [1.54, 1.807) is 0 Å². The van der Waals surface area contributed by atoms with Crippen LogP contribution >= 0.6 is 11.6 Å². The molecule has 0 aliphatic heterocycles. The Morgan fingerprint density at radius 3 is 2.50 bits per heavy atom. The Balaban J connectivity index is 3.38. The zero-order valence-corrected chi connectivity index (χ0v) is 10.0. The molecule has 5 nitrogen and oxygen atoms in total. The van der Waals surface area contributed by atoms with E-state index in [0.717, 1.165) is 0 Å². The first-order valence-corrected chi connectivity index (χ1v) is 6.27. The maximum absolute atomic E-state index is 11.9. The van der Waals surface area contributed by atoms with Crippen LogP contribution in [-0.4, -0.2) is 19.6 Å². The predicted octanol–water partition coefficient (Wildman–Crippen LogP) is 0.570. The molecule has 0 aliphatic rings. The molecule has 7 heteroatoms. The average Bonchev–Trinajstić information content (AvgIpc) is 2.20. The van der Waals surface area contributed by atoms with E-state index in [4.69, 9.17) is 23.1 Å². The fourth-order valence-corrected chi connectivity index (χ4v) is 2.71. The molecular formula is C9H11ClN2O3S. The summed E-state index contributed by atoms with van der Waals surface area (Å²) in [5.41, 5.74) is 10.5. The van der Waals surface area contributed by atoms with E-state index in [2.05, 4.69) is 0 Å². The van der Waals surface area contributed by atoms with Gasteiger partial charge in [0, 0.05) is 5.02 Å². The molecular weight excluding hydrogens is 252 g/mol. The van der Waals surface area contributed by atoms with Gasteiger partial charge in [-0.2, -0.15) is 0 Å². The van der Waals surface area contributed by atoms with Gasteiger partial charge in [-0.25, -0.2) is 8.42 Å². The molecule has 1 rings (SSSR count). The molecule has 0 spiro atoms. The largest absolute Gasteiger partial charge is 0.398 e. The number of nitrogens with two attached hydrogens (primary N) is 2. The summed E-state index contributed by atoms with van der Waals surface area (Å²) in [4.78, 5) is 10.7. The number of halogens is 1. The fourth-order valence-electron chi connectivity index (χ4n) is 1.10. The van der Waals surface area contributed by atoms with Crippen LogP contribution in [0.1, 0.15) is 6.92 Å². The van der Waals surface area contributed by atoms with Gasteiger partial charge in [-0.3, -0.25) is 4.79 Å². The number of carbonyl (C=O) groups is 1. The molecule has 1 amide bonds. The zero-order valence-electron chi connectivity index (χ0n) is 8.48. The summed E-state index contributed by atoms with van der Waals surface area (Å²) in [7, 11) is -3.88. The van der Waals surface area contributed by atoms with Crippen LogP contribution in [0, 0.1) is 0 Å². The minimum atomic E-state index is -3.88. The van der Waals surface area contributed by atoms with Crippen molar-refractivity contribution in [3.8, 4) is 0 Å². The first kappa shape index (κ1) is 12.8. The lowest BCUT2D eigenvalue weighted by atomic mass is 10.3. The fraction of sp³-hybridized carbons (Fsp3) is 0.222. The van der Waals surface area contributed by atoms with Crippen LogP contribution in [0.5, 0.6) is 0 Å². The van der Waals surface area contributed by atoms with Crippen LogP contribution in [0.15, 0.2) is 23.1 Å². The molecule has 1 atom stereocenters. The summed E-state index contributed by atoms with van der Waals surface area (Å²) in [6.07, 6.45) is 0. The van der Waals surface area contributed by atoms with Crippen LogP contribution in [-0.2, 0) is 14.6 Å². The zero-order chi connectivity index (χ0) is 12.5. The Morgan fingerprint density at radius 1 is 1.44 bits per heavy atom. The van der Waals surface area contributed by atoms with E-state index in [1.165, 1.54) is 25.1 Å². The van der Waals surface area contributed by atoms with E-state index in [-0.39, 0.29) is 15.6 Å². The number of benzene rings is 1. The Morgan fingerprint density at radius 2 is 2.00 bits per heavy atom. The van der Waals surface area contributed by atoms with Gasteiger partial charge < -0.3 is 11.5 Å². The number of amides is 1. The molecule has 16 heavy (non-hydrogen) atoms. The molecule has 0 saturated carbocycles. The van der Waals surface area contributed by atoms with Gasteiger partial charge in [-0.1, -0.05) is 11.6 Å². The quantitative estimate of drug-likeness (QED) is 0.777. The van der Waals surface area contributed by atoms with E-state index >= 15 is 0 Å². The summed E-state index contributed by atoms with van der Waals surface area (Å²) < 4.78 is 23.8. The number of anilines is 1. The maximum Gasteiger partial charge on any atom is 0.235 e. The van der Waals surface area contributed by atoms with E-state index in [0.29, 0.717) is 0 Å². The topological polar surface area (TPSA) is 103 Å². The van der Waals surface area contributed by atoms with Gasteiger partial charge in [-0.05, 0) is 25.1 Å². The second-order valence-corrected chi connectivity index (χ2v) is 5.95. The van der Waals surface area contributed by atoms with Crippen molar-refractivity contribution >= 4 is 33.0 Å². The normalized spacial score (nSPS) is 13.4. The number of primary amides is 1. The number of sulfone groups is 1. The molecule has 0 aliphatic carbocycles. The summed E-state index contributed by atoms with van der Waals surface area (Å²) in [5, 5.41) is -1.11. The van der Waals surface area contributed by atoms with Gasteiger partial charge in [-0.15, -0.1) is 0 Å². The van der Waals surface area contributed by atoms with Gasteiger partial charge in [0.15, 0.2) is 9.84 Å². The van der Waals surface area contributed by atoms with Gasteiger partial charge in [0.2, 0.25) is 5.91 Å². The second-order valence-electron chi connectivity index (χ2n) is 3.27. The highest BCUT2D eigenvalue weighted by molar-refractivity contribution is 7.93. The molecule has 0 saturated heterocycles.